The average molecular weight is 285 g/mol. The zero-order valence-electron chi connectivity index (χ0n) is 12.1. The highest BCUT2D eigenvalue weighted by atomic mass is 28.2. The topological polar surface area (TPSA) is 0 Å². The van der Waals surface area contributed by atoms with Gasteiger partial charge in [0, 0.05) is 10.2 Å². The van der Waals surface area contributed by atoms with Gasteiger partial charge in [0.1, 0.15) is 0 Å². The van der Waals surface area contributed by atoms with Crippen molar-refractivity contribution in [2.24, 2.45) is 0 Å². The molecule has 0 saturated heterocycles. The number of aryl methyl sites for hydroxylation is 2. The molecule has 0 N–H and O–H groups in total. The Labute approximate surface area is 122 Å². The van der Waals surface area contributed by atoms with E-state index in [0.29, 0.717) is 0 Å². The quantitative estimate of drug-likeness (QED) is 0.711. The Morgan fingerprint density at radius 3 is 2.58 bits per heavy atom. The molecule has 2 aromatic rings. The lowest BCUT2D eigenvalue weighted by atomic mass is 10.1. The Bertz CT molecular complexity index is 494. The molecule has 1 atom stereocenters. The summed E-state index contributed by atoms with van der Waals surface area (Å²) in [6, 6.07) is 20.1. The summed E-state index contributed by atoms with van der Waals surface area (Å²) in [4.78, 5) is 0. The highest BCUT2D eigenvalue weighted by Gasteiger charge is 2.04. The first-order valence-corrected chi connectivity index (χ1v) is 10.0. The standard InChI is InChI=1S/C17H24Si2/c1-14-7-5-8-15(13-14)9-6-12-17(18)19-16-10-3-2-4-11-16/h2-5,7-8,10-11,13,17H,6,9,12,19H2,1,18H3. The van der Waals surface area contributed by atoms with Gasteiger partial charge in [0.2, 0.25) is 0 Å². The van der Waals surface area contributed by atoms with E-state index in [0.717, 1.165) is 5.16 Å². The van der Waals surface area contributed by atoms with Gasteiger partial charge in [0.25, 0.3) is 0 Å². The summed E-state index contributed by atoms with van der Waals surface area (Å²) in [7, 11) is 1.33. The van der Waals surface area contributed by atoms with Crippen molar-refractivity contribution in [2.75, 3.05) is 0 Å². The first-order valence-electron chi connectivity index (χ1n) is 7.33. The Hall–Kier alpha value is -1.13. The number of rotatable bonds is 6. The molecule has 2 heteroatoms. The molecule has 0 radical (unpaired) electrons. The second-order valence-electron chi connectivity index (χ2n) is 5.68. The van der Waals surface area contributed by atoms with Crippen LogP contribution in [0.5, 0.6) is 0 Å². The van der Waals surface area contributed by atoms with E-state index in [-0.39, 0.29) is 9.52 Å². The van der Waals surface area contributed by atoms with Crippen LogP contribution in [-0.4, -0.2) is 19.8 Å². The highest BCUT2D eigenvalue weighted by Crippen LogP contribution is 2.12. The van der Waals surface area contributed by atoms with Crippen LogP contribution in [0, 0.1) is 6.92 Å². The predicted octanol–water partition coefficient (Wildman–Crippen LogP) is 1.92. The highest BCUT2D eigenvalue weighted by molar-refractivity contribution is 6.62. The van der Waals surface area contributed by atoms with Gasteiger partial charge in [-0.3, -0.25) is 0 Å². The number of hydrogen-bond donors (Lipinski definition) is 0. The van der Waals surface area contributed by atoms with Gasteiger partial charge < -0.3 is 0 Å². The van der Waals surface area contributed by atoms with Crippen LogP contribution in [0.25, 0.3) is 0 Å². The van der Waals surface area contributed by atoms with E-state index in [1.54, 1.807) is 5.19 Å². The van der Waals surface area contributed by atoms with E-state index in [2.05, 4.69) is 61.5 Å². The second kappa shape index (κ2) is 7.46. The van der Waals surface area contributed by atoms with Crippen molar-refractivity contribution < 1.29 is 0 Å². The van der Waals surface area contributed by atoms with Crippen molar-refractivity contribution >= 4 is 24.9 Å². The van der Waals surface area contributed by atoms with Crippen molar-refractivity contribution in [2.45, 2.75) is 31.4 Å². The van der Waals surface area contributed by atoms with Crippen LogP contribution < -0.4 is 5.19 Å². The van der Waals surface area contributed by atoms with Crippen LogP contribution in [0.2, 0.25) is 5.16 Å². The molecule has 0 aliphatic heterocycles. The summed E-state index contributed by atoms with van der Waals surface area (Å²) in [5.41, 5.74) is 2.90. The Balaban J connectivity index is 1.73. The molecule has 0 heterocycles. The van der Waals surface area contributed by atoms with Crippen LogP contribution in [0.15, 0.2) is 54.6 Å². The molecule has 2 rings (SSSR count). The lowest BCUT2D eigenvalue weighted by molar-refractivity contribution is 0.770. The zero-order valence-corrected chi connectivity index (χ0v) is 15.5. The minimum absolute atomic E-state index is 0.0333. The molecule has 0 saturated carbocycles. The van der Waals surface area contributed by atoms with Gasteiger partial charge in [0.05, 0.1) is 9.52 Å². The van der Waals surface area contributed by atoms with Crippen molar-refractivity contribution in [3.05, 3.63) is 65.7 Å². The Morgan fingerprint density at radius 1 is 1.05 bits per heavy atom. The van der Waals surface area contributed by atoms with Gasteiger partial charge in [-0.05, 0) is 25.3 Å². The molecule has 0 nitrogen and oxygen atoms in total. The lowest BCUT2D eigenvalue weighted by Gasteiger charge is -2.10. The fraction of sp³-hybridized carbons (Fsp3) is 0.294. The van der Waals surface area contributed by atoms with Crippen LogP contribution in [-0.2, 0) is 6.42 Å². The first kappa shape index (κ1) is 14.3. The molecular weight excluding hydrogens is 260 g/mol. The largest absolute Gasteiger partial charge is 0.0670 e. The van der Waals surface area contributed by atoms with Gasteiger partial charge in [0.15, 0.2) is 0 Å². The fourth-order valence-corrected chi connectivity index (χ4v) is 6.31. The predicted molar refractivity (Wildman–Crippen MR) is 92.4 cm³/mol. The molecule has 0 amide bonds. The molecule has 1 unspecified atom stereocenters. The van der Waals surface area contributed by atoms with Crippen LogP contribution in [0.4, 0.5) is 0 Å². The maximum Gasteiger partial charge on any atom is 0.0544 e. The molecule has 100 valence electrons. The smallest absolute Gasteiger partial charge is 0.0544 e. The van der Waals surface area contributed by atoms with Crippen molar-refractivity contribution in [3.8, 4) is 0 Å². The minimum Gasteiger partial charge on any atom is -0.0670 e. The summed E-state index contributed by atoms with van der Waals surface area (Å²) >= 11 is 0. The molecular formula is C17H24Si2. The van der Waals surface area contributed by atoms with Crippen molar-refractivity contribution in [1.29, 1.82) is 0 Å². The average Bonchev–Trinajstić information content (AvgIpc) is 2.40. The number of benzene rings is 2. The third kappa shape index (κ3) is 5.17. The monoisotopic (exact) mass is 284 g/mol. The summed E-state index contributed by atoms with van der Waals surface area (Å²) in [6.45, 7) is 2.18. The van der Waals surface area contributed by atoms with E-state index in [1.807, 2.05) is 0 Å². The minimum atomic E-state index is -0.0333. The molecule has 0 bridgehead atoms. The second-order valence-corrected chi connectivity index (χ2v) is 11.6. The van der Waals surface area contributed by atoms with Gasteiger partial charge >= 0.3 is 0 Å². The van der Waals surface area contributed by atoms with E-state index in [4.69, 9.17) is 0 Å². The third-order valence-electron chi connectivity index (χ3n) is 3.67. The van der Waals surface area contributed by atoms with E-state index < -0.39 is 0 Å². The maximum absolute atomic E-state index is 2.33. The molecule has 0 spiro atoms. The van der Waals surface area contributed by atoms with E-state index in [1.165, 1.54) is 40.6 Å². The van der Waals surface area contributed by atoms with Crippen LogP contribution in [0.1, 0.15) is 24.0 Å². The summed E-state index contributed by atoms with van der Waals surface area (Å²) in [6.07, 6.45) is 4.04. The van der Waals surface area contributed by atoms with Crippen molar-refractivity contribution in [1.82, 2.24) is 0 Å². The van der Waals surface area contributed by atoms with Crippen molar-refractivity contribution in [3.63, 3.8) is 0 Å². The SMILES string of the molecule is Cc1cccc(CCCC([SiH3])[SiH2]c2ccccc2)c1. The van der Waals surface area contributed by atoms with Gasteiger partial charge in [-0.15, -0.1) is 0 Å². The molecule has 0 aliphatic carbocycles. The Kier molecular flexibility index (Phi) is 5.61. The third-order valence-corrected chi connectivity index (χ3v) is 7.52. The zero-order chi connectivity index (χ0) is 13.5. The van der Waals surface area contributed by atoms with Crippen LogP contribution >= 0.6 is 0 Å². The van der Waals surface area contributed by atoms with Gasteiger partial charge in [-0.1, -0.05) is 76.9 Å². The maximum atomic E-state index is 2.33. The summed E-state index contributed by atoms with van der Waals surface area (Å²) in [5, 5.41) is 2.69. The molecule has 2 aromatic carbocycles. The van der Waals surface area contributed by atoms with E-state index in [9.17, 15) is 0 Å². The molecule has 0 fully saturated rings. The number of hydrogen-bond acceptors (Lipinski definition) is 0. The summed E-state index contributed by atoms with van der Waals surface area (Å²) in [5.74, 6) is 0. The van der Waals surface area contributed by atoms with Gasteiger partial charge in [-0.2, -0.15) is 0 Å². The lowest BCUT2D eigenvalue weighted by Crippen LogP contribution is -2.19. The Morgan fingerprint density at radius 2 is 1.84 bits per heavy atom. The molecule has 19 heavy (non-hydrogen) atoms. The molecule has 0 aliphatic rings. The van der Waals surface area contributed by atoms with E-state index >= 15 is 0 Å². The first-order chi connectivity index (χ1) is 9.24. The van der Waals surface area contributed by atoms with Gasteiger partial charge in [-0.25, -0.2) is 0 Å². The fourth-order valence-electron chi connectivity index (χ4n) is 2.64. The normalized spacial score (nSPS) is 13.1. The van der Waals surface area contributed by atoms with Crippen LogP contribution in [0.3, 0.4) is 0 Å². The summed E-state index contributed by atoms with van der Waals surface area (Å²) < 4.78 is 0. The molecule has 0 aromatic heterocycles.